The van der Waals surface area contributed by atoms with Gasteiger partial charge in [-0.1, -0.05) is 16.9 Å². The number of nitrogens with zero attached hydrogens (tertiary/aromatic N) is 5. The lowest BCUT2D eigenvalue weighted by molar-refractivity contribution is -0.150. The van der Waals surface area contributed by atoms with E-state index in [1.807, 2.05) is 19.1 Å². The Bertz CT molecular complexity index is 1480. The van der Waals surface area contributed by atoms with Crippen LogP contribution in [0.5, 0.6) is 0 Å². The van der Waals surface area contributed by atoms with Crippen LogP contribution in [0.15, 0.2) is 39.1 Å². The molecule has 5 heterocycles. The van der Waals surface area contributed by atoms with Crippen molar-refractivity contribution in [2.75, 3.05) is 24.3 Å². The first-order valence-corrected chi connectivity index (χ1v) is 14.7. The van der Waals surface area contributed by atoms with E-state index in [2.05, 4.69) is 30.6 Å². The number of anilines is 1. The molecule has 5 N–H and O–H groups in total. The molecule has 0 spiro atoms. The highest BCUT2D eigenvalue weighted by molar-refractivity contribution is 8.01. The number of hydrogen-bond acceptors (Lipinski definition) is 13. The third kappa shape index (κ3) is 5.01. The Morgan fingerprint density at radius 2 is 2.21 bits per heavy atom. The number of hydrogen-bond donors (Lipinski definition) is 4. The van der Waals surface area contributed by atoms with Gasteiger partial charge in [-0.15, -0.1) is 44.6 Å². The first-order chi connectivity index (χ1) is 18.3. The smallest absolute Gasteiger partial charge is 0.352 e. The lowest BCUT2D eigenvalue weighted by Gasteiger charge is -2.49. The molecule has 38 heavy (non-hydrogen) atoms. The van der Waals surface area contributed by atoms with Crippen LogP contribution in [0.4, 0.5) is 5.13 Å². The van der Waals surface area contributed by atoms with Crippen LogP contribution in [0.1, 0.15) is 10.6 Å². The molecule has 0 aromatic carbocycles. The van der Waals surface area contributed by atoms with Gasteiger partial charge in [0.05, 0.1) is 4.88 Å². The highest BCUT2D eigenvalue weighted by Crippen LogP contribution is 2.41. The van der Waals surface area contributed by atoms with Crippen molar-refractivity contribution in [1.29, 1.82) is 0 Å². The van der Waals surface area contributed by atoms with Crippen molar-refractivity contribution in [1.82, 2.24) is 30.4 Å². The van der Waals surface area contributed by atoms with Gasteiger partial charge in [-0.3, -0.25) is 14.5 Å². The van der Waals surface area contributed by atoms with E-state index in [4.69, 9.17) is 10.6 Å². The molecular formula is C21H20N8O5S4. The Hall–Kier alpha value is -3.41. The minimum absolute atomic E-state index is 0.0802. The number of oxime groups is 1. The van der Waals surface area contributed by atoms with E-state index >= 15 is 0 Å². The lowest BCUT2D eigenvalue weighted by atomic mass is 10.0. The summed E-state index contributed by atoms with van der Waals surface area (Å²) in [6.45, 7) is 2.00. The fourth-order valence-electron chi connectivity index (χ4n) is 3.84. The highest BCUT2D eigenvalue weighted by atomic mass is 32.2. The van der Waals surface area contributed by atoms with Gasteiger partial charge in [0.1, 0.15) is 29.9 Å². The van der Waals surface area contributed by atoms with Gasteiger partial charge >= 0.3 is 5.97 Å². The number of amides is 2. The number of aromatic amines is 1. The summed E-state index contributed by atoms with van der Waals surface area (Å²) in [5.41, 5.74) is 6.22. The van der Waals surface area contributed by atoms with Crippen molar-refractivity contribution in [3.8, 4) is 10.7 Å². The number of H-pyrrole nitrogens is 1. The van der Waals surface area contributed by atoms with Crippen molar-refractivity contribution < 1.29 is 24.3 Å². The van der Waals surface area contributed by atoms with Gasteiger partial charge in [0, 0.05) is 21.8 Å². The largest absolute Gasteiger partial charge is 0.477 e. The predicted molar refractivity (Wildman–Crippen MR) is 145 cm³/mol. The third-order valence-corrected chi connectivity index (χ3v) is 9.49. The number of carbonyl (C=O) groups excluding carboxylic acids is 2. The van der Waals surface area contributed by atoms with Gasteiger partial charge in [-0.05, 0) is 24.6 Å². The van der Waals surface area contributed by atoms with Crippen LogP contribution < -0.4 is 11.1 Å². The van der Waals surface area contributed by atoms with Crippen LogP contribution in [-0.4, -0.2) is 83.7 Å². The number of carboxylic acids is 1. The number of thiophene rings is 1. The van der Waals surface area contributed by atoms with Crippen LogP contribution in [0.25, 0.3) is 10.7 Å². The molecule has 3 aromatic heterocycles. The molecule has 2 aliphatic heterocycles. The summed E-state index contributed by atoms with van der Waals surface area (Å²) in [6, 6.07) is 3.02. The first-order valence-electron chi connectivity index (χ1n) is 10.9. The van der Waals surface area contributed by atoms with Crippen molar-refractivity contribution in [2.24, 2.45) is 5.16 Å². The number of rotatable bonds is 9. The van der Waals surface area contributed by atoms with Crippen molar-refractivity contribution in [3.05, 3.63) is 39.4 Å². The molecule has 13 nitrogen and oxygen atoms in total. The van der Waals surface area contributed by atoms with Crippen LogP contribution in [-0.2, 0) is 19.2 Å². The normalized spacial score (nSPS) is 19.3. The zero-order valence-corrected chi connectivity index (χ0v) is 23.1. The standard InChI is InChI=1S/C21H20N8O5S4/c1-8-3-4-11(38-8)15-25-21(27-26-15)37-6-9-5-35-18-13(17(31)29(18)14(9)19(32)33)24-16(30)12(28-34-2)10-7-36-20(22)23-10/h3-4,7,13,18H,5-6H2,1-2H3,(H2,22,23)(H,24,30)(H,32,33)(H,25,26,27)/t13-,18+/m1/s1. The zero-order chi connectivity index (χ0) is 27.0. The molecule has 0 radical (unpaired) electrons. The molecule has 1 saturated heterocycles. The van der Waals surface area contributed by atoms with E-state index in [9.17, 15) is 19.5 Å². The number of β-lactam (4-membered cyclic amide) rings is 1. The van der Waals surface area contributed by atoms with Crippen LogP contribution >= 0.6 is 46.2 Å². The van der Waals surface area contributed by atoms with Crippen molar-refractivity contribution >= 4 is 74.8 Å². The van der Waals surface area contributed by atoms with E-state index in [1.54, 1.807) is 16.7 Å². The molecule has 0 unspecified atom stereocenters. The molecule has 1 fully saturated rings. The number of thiazole rings is 1. The van der Waals surface area contributed by atoms with Crippen LogP contribution in [0, 0.1) is 6.92 Å². The number of nitrogen functional groups attached to an aromatic ring is 1. The van der Waals surface area contributed by atoms with Crippen molar-refractivity contribution in [2.45, 2.75) is 23.5 Å². The summed E-state index contributed by atoms with van der Waals surface area (Å²) in [5, 5.41) is 26.4. The molecule has 3 aromatic rings. The number of nitrogens with one attached hydrogen (secondary N) is 2. The Morgan fingerprint density at radius 1 is 1.39 bits per heavy atom. The summed E-state index contributed by atoms with van der Waals surface area (Å²) in [5.74, 6) is -1.11. The minimum atomic E-state index is -1.21. The highest BCUT2D eigenvalue weighted by Gasteiger charge is 2.54. The topological polar surface area (TPSA) is 189 Å². The Balaban J connectivity index is 1.28. The second kappa shape index (κ2) is 10.8. The summed E-state index contributed by atoms with van der Waals surface area (Å²) >= 11 is 5.39. The van der Waals surface area contributed by atoms with Gasteiger partial charge in [0.15, 0.2) is 21.8 Å². The summed E-state index contributed by atoms with van der Waals surface area (Å²) in [7, 11) is 1.28. The minimum Gasteiger partial charge on any atom is -0.477 e. The summed E-state index contributed by atoms with van der Waals surface area (Å²) in [4.78, 5) is 53.3. The molecule has 0 aliphatic carbocycles. The van der Waals surface area contributed by atoms with Gasteiger partial charge in [-0.25, -0.2) is 9.78 Å². The van der Waals surface area contributed by atoms with Gasteiger partial charge in [-0.2, -0.15) is 0 Å². The van der Waals surface area contributed by atoms with Gasteiger partial charge in [0.25, 0.3) is 11.8 Å². The zero-order valence-electron chi connectivity index (χ0n) is 19.8. The number of nitrogens with two attached hydrogens (primary N) is 1. The molecule has 198 valence electrons. The average molecular weight is 593 g/mol. The number of aryl methyl sites for hydroxylation is 1. The fraction of sp³-hybridized carbons (Fsp3) is 0.286. The number of aromatic nitrogens is 4. The molecular weight excluding hydrogens is 573 g/mol. The van der Waals surface area contributed by atoms with Gasteiger partial charge in [0.2, 0.25) is 0 Å². The number of carboxylic acid groups (broad SMARTS) is 1. The maximum atomic E-state index is 13.0. The van der Waals surface area contributed by atoms with Crippen LogP contribution in [0.2, 0.25) is 0 Å². The lowest BCUT2D eigenvalue weighted by Crippen LogP contribution is -2.71. The quantitative estimate of drug-likeness (QED) is 0.123. The second-order valence-corrected chi connectivity index (χ2v) is 12.2. The number of carbonyl (C=O) groups is 3. The SMILES string of the molecule is CON=C(C(=O)N[C@@H]1C(=O)N2C(C(=O)O)=C(CSc3nnc(-c4ccc(C)s4)[nH]3)CS[C@@H]12)c1csc(N)n1. The number of aliphatic carboxylic acids is 1. The van der Waals surface area contributed by atoms with Gasteiger partial charge < -0.3 is 26.0 Å². The molecule has 17 heteroatoms. The molecule has 2 atom stereocenters. The Kier molecular flexibility index (Phi) is 7.42. The Labute approximate surface area is 231 Å². The Morgan fingerprint density at radius 3 is 2.87 bits per heavy atom. The van der Waals surface area contributed by atoms with Crippen LogP contribution in [0.3, 0.4) is 0 Å². The summed E-state index contributed by atoms with van der Waals surface area (Å²) in [6.07, 6.45) is 0. The monoisotopic (exact) mass is 592 g/mol. The summed E-state index contributed by atoms with van der Waals surface area (Å²) < 4.78 is 0. The molecule has 5 rings (SSSR count). The predicted octanol–water partition coefficient (Wildman–Crippen LogP) is 1.76. The molecule has 0 saturated carbocycles. The maximum Gasteiger partial charge on any atom is 0.352 e. The number of fused-ring (bicyclic) bond motifs is 1. The van der Waals surface area contributed by atoms with Crippen molar-refractivity contribution in [3.63, 3.8) is 0 Å². The maximum absolute atomic E-state index is 13.0. The van der Waals surface area contributed by atoms with E-state index in [-0.39, 0.29) is 22.2 Å². The average Bonchev–Trinajstić information content (AvgIpc) is 3.64. The second-order valence-electron chi connectivity index (χ2n) is 7.99. The number of thioether (sulfide) groups is 2. The molecule has 2 aliphatic rings. The fourth-order valence-corrected chi connectivity index (χ4v) is 7.48. The van der Waals surface area contributed by atoms with E-state index in [0.717, 1.165) is 21.1 Å². The molecule has 2 amide bonds. The first kappa shape index (κ1) is 26.2. The third-order valence-electron chi connectivity index (χ3n) is 5.52. The van der Waals surface area contributed by atoms with E-state index in [1.165, 1.54) is 35.5 Å². The molecule has 0 bridgehead atoms. The van der Waals surface area contributed by atoms with E-state index < -0.39 is 29.2 Å². The van der Waals surface area contributed by atoms with E-state index in [0.29, 0.717) is 28.1 Å².